The number of rotatable bonds is 7. The lowest BCUT2D eigenvalue weighted by Gasteiger charge is -2.23. The number of carbonyl (C=O) groups is 1. The average molecular weight is 345 g/mol. The summed E-state index contributed by atoms with van der Waals surface area (Å²) >= 11 is 0. The number of hydrogen-bond donors (Lipinski definition) is 1. The highest BCUT2D eigenvalue weighted by Crippen LogP contribution is 2.55. The standard InChI is InChI=1S/C15H24NO6P/c1-6-20-23(18,21-7-2)13(11-12-9-8-10-19-12)16-14(17)22-15(3,4)5/h8-11H,6-7H2,1-5H3,(H,16,17)/b13-11+. The van der Waals surface area contributed by atoms with Gasteiger partial charge in [0.2, 0.25) is 0 Å². The summed E-state index contributed by atoms with van der Waals surface area (Å²) in [6, 6.07) is 3.32. The van der Waals surface area contributed by atoms with Gasteiger partial charge in [0.15, 0.2) is 0 Å². The van der Waals surface area contributed by atoms with E-state index >= 15 is 0 Å². The molecule has 0 aliphatic rings. The van der Waals surface area contributed by atoms with Crippen molar-refractivity contribution in [1.82, 2.24) is 5.32 Å². The molecule has 1 aromatic heterocycles. The summed E-state index contributed by atoms with van der Waals surface area (Å²) in [5.41, 5.74) is -0.730. The van der Waals surface area contributed by atoms with E-state index < -0.39 is 19.3 Å². The molecule has 1 N–H and O–H groups in total. The molecule has 0 spiro atoms. The van der Waals surface area contributed by atoms with Crippen molar-refractivity contribution in [3.05, 3.63) is 29.6 Å². The molecule has 0 atom stereocenters. The van der Waals surface area contributed by atoms with Crippen LogP contribution in [0.1, 0.15) is 40.4 Å². The molecule has 8 heteroatoms. The van der Waals surface area contributed by atoms with E-state index in [-0.39, 0.29) is 18.7 Å². The molecule has 0 bridgehead atoms. The first-order valence-electron chi connectivity index (χ1n) is 7.35. The van der Waals surface area contributed by atoms with E-state index in [0.717, 1.165) is 0 Å². The molecule has 0 saturated heterocycles. The molecular formula is C15H24NO6P. The Morgan fingerprint density at radius 1 is 1.30 bits per heavy atom. The van der Waals surface area contributed by atoms with Crippen LogP contribution in [0.4, 0.5) is 4.79 Å². The second kappa shape index (κ2) is 8.34. The average Bonchev–Trinajstić information content (AvgIpc) is 2.89. The molecule has 0 aliphatic carbocycles. The second-order valence-corrected chi connectivity index (χ2v) is 7.50. The highest BCUT2D eigenvalue weighted by atomic mass is 31.2. The summed E-state index contributed by atoms with van der Waals surface area (Å²) in [5, 5.41) is 2.45. The van der Waals surface area contributed by atoms with E-state index in [1.165, 1.54) is 12.3 Å². The Bertz CT molecular complexity index is 563. The quantitative estimate of drug-likeness (QED) is 0.739. The van der Waals surface area contributed by atoms with E-state index in [1.54, 1.807) is 46.8 Å². The topological polar surface area (TPSA) is 87.0 Å². The zero-order valence-corrected chi connectivity index (χ0v) is 15.0. The highest BCUT2D eigenvalue weighted by Gasteiger charge is 2.32. The Morgan fingerprint density at radius 3 is 2.35 bits per heavy atom. The van der Waals surface area contributed by atoms with Crippen LogP contribution in [0, 0.1) is 0 Å². The highest BCUT2D eigenvalue weighted by molar-refractivity contribution is 7.58. The fourth-order valence-corrected chi connectivity index (χ4v) is 3.16. The van der Waals surface area contributed by atoms with Crippen LogP contribution in [0.3, 0.4) is 0 Å². The van der Waals surface area contributed by atoms with Gasteiger partial charge in [-0.3, -0.25) is 9.88 Å². The number of ether oxygens (including phenoxy) is 1. The van der Waals surface area contributed by atoms with Crippen molar-refractivity contribution >= 4 is 19.8 Å². The predicted octanol–water partition coefficient (Wildman–Crippen LogP) is 4.37. The molecule has 1 aromatic rings. The molecule has 7 nitrogen and oxygen atoms in total. The predicted molar refractivity (Wildman–Crippen MR) is 86.9 cm³/mol. The number of hydrogen-bond acceptors (Lipinski definition) is 6. The minimum Gasteiger partial charge on any atom is -0.465 e. The van der Waals surface area contributed by atoms with Gasteiger partial charge in [0.05, 0.1) is 19.5 Å². The van der Waals surface area contributed by atoms with Crippen LogP contribution in [0.15, 0.2) is 28.3 Å². The van der Waals surface area contributed by atoms with Gasteiger partial charge in [-0.2, -0.15) is 0 Å². The summed E-state index contributed by atoms with van der Waals surface area (Å²) in [6.07, 6.45) is 2.11. The maximum Gasteiger partial charge on any atom is 0.412 e. The van der Waals surface area contributed by atoms with E-state index in [1.807, 2.05) is 0 Å². The van der Waals surface area contributed by atoms with E-state index in [0.29, 0.717) is 5.76 Å². The zero-order chi connectivity index (χ0) is 17.5. The van der Waals surface area contributed by atoms with Crippen molar-refractivity contribution < 1.29 is 27.6 Å². The Morgan fingerprint density at radius 2 is 1.91 bits per heavy atom. The van der Waals surface area contributed by atoms with Gasteiger partial charge in [0, 0.05) is 6.08 Å². The van der Waals surface area contributed by atoms with Gasteiger partial charge in [-0.25, -0.2) is 4.79 Å². The smallest absolute Gasteiger partial charge is 0.412 e. The Balaban J connectivity index is 3.11. The number of alkyl carbamates (subject to hydrolysis) is 1. The monoisotopic (exact) mass is 345 g/mol. The van der Waals surface area contributed by atoms with Crippen LogP contribution in [-0.4, -0.2) is 24.9 Å². The summed E-state index contributed by atoms with van der Waals surface area (Å²) in [5.74, 6) is 0.399. The Hall–Kier alpha value is -1.56. The van der Waals surface area contributed by atoms with Crippen molar-refractivity contribution in [3.8, 4) is 0 Å². The van der Waals surface area contributed by atoms with Gasteiger partial charge in [0.25, 0.3) is 0 Å². The van der Waals surface area contributed by atoms with Crippen LogP contribution in [-0.2, 0) is 18.3 Å². The van der Waals surface area contributed by atoms with E-state index in [2.05, 4.69) is 5.32 Å². The first-order valence-corrected chi connectivity index (χ1v) is 8.89. The van der Waals surface area contributed by atoms with Crippen molar-refractivity contribution in [1.29, 1.82) is 0 Å². The number of amides is 1. The molecule has 130 valence electrons. The molecule has 0 saturated carbocycles. The van der Waals surface area contributed by atoms with Gasteiger partial charge >= 0.3 is 13.7 Å². The molecule has 23 heavy (non-hydrogen) atoms. The maximum absolute atomic E-state index is 12.9. The van der Waals surface area contributed by atoms with Gasteiger partial charge < -0.3 is 18.2 Å². The third-order valence-electron chi connectivity index (χ3n) is 2.34. The summed E-state index contributed by atoms with van der Waals surface area (Å²) < 4.78 is 33.8. The van der Waals surface area contributed by atoms with Crippen molar-refractivity contribution in [3.63, 3.8) is 0 Å². The van der Waals surface area contributed by atoms with Crippen molar-refractivity contribution in [2.45, 2.75) is 40.2 Å². The van der Waals surface area contributed by atoms with E-state index in [4.69, 9.17) is 18.2 Å². The molecular weight excluding hydrogens is 321 g/mol. The third-order valence-corrected chi connectivity index (χ3v) is 4.37. The number of carbonyl (C=O) groups excluding carboxylic acids is 1. The lowest BCUT2D eigenvalue weighted by atomic mass is 10.2. The van der Waals surface area contributed by atoms with Crippen LogP contribution in [0.5, 0.6) is 0 Å². The minimum atomic E-state index is -3.70. The fraction of sp³-hybridized carbons (Fsp3) is 0.533. The lowest BCUT2D eigenvalue weighted by Crippen LogP contribution is -2.32. The summed E-state index contributed by atoms with van der Waals surface area (Å²) in [7, 11) is -3.70. The Kier molecular flexibility index (Phi) is 7.06. The SMILES string of the molecule is CCOP(=O)(OCC)/C(=C/c1ccco1)NC(=O)OC(C)(C)C. The first kappa shape index (κ1) is 19.5. The van der Waals surface area contributed by atoms with Crippen LogP contribution in [0.25, 0.3) is 6.08 Å². The first-order chi connectivity index (χ1) is 10.7. The molecule has 0 unspecified atom stereocenters. The molecule has 0 fully saturated rings. The van der Waals surface area contributed by atoms with Gasteiger partial charge in [-0.05, 0) is 46.8 Å². The maximum atomic E-state index is 12.9. The van der Waals surface area contributed by atoms with E-state index in [9.17, 15) is 9.36 Å². The summed E-state index contributed by atoms with van der Waals surface area (Å²) in [6.45, 7) is 8.87. The molecule has 1 rings (SSSR count). The van der Waals surface area contributed by atoms with Crippen LogP contribution in [0.2, 0.25) is 0 Å². The number of furan rings is 1. The Labute approximate surface area is 136 Å². The largest absolute Gasteiger partial charge is 0.465 e. The van der Waals surface area contributed by atoms with Gasteiger partial charge in [-0.1, -0.05) is 0 Å². The minimum absolute atomic E-state index is 0.0367. The number of nitrogens with one attached hydrogen (secondary N) is 1. The zero-order valence-electron chi connectivity index (χ0n) is 14.1. The van der Waals surface area contributed by atoms with Crippen molar-refractivity contribution in [2.75, 3.05) is 13.2 Å². The summed E-state index contributed by atoms with van der Waals surface area (Å²) in [4.78, 5) is 12.0. The molecule has 1 amide bonds. The van der Waals surface area contributed by atoms with Crippen LogP contribution < -0.4 is 5.32 Å². The lowest BCUT2D eigenvalue weighted by molar-refractivity contribution is 0.0546. The third kappa shape index (κ3) is 6.60. The second-order valence-electron chi connectivity index (χ2n) is 5.50. The fourth-order valence-electron chi connectivity index (χ4n) is 1.62. The van der Waals surface area contributed by atoms with Crippen LogP contribution >= 0.6 is 7.60 Å². The van der Waals surface area contributed by atoms with Gasteiger partial charge in [-0.15, -0.1) is 0 Å². The molecule has 1 heterocycles. The molecule has 0 aromatic carbocycles. The molecule has 0 aliphatic heterocycles. The van der Waals surface area contributed by atoms with Gasteiger partial charge in [0.1, 0.15) is 16.8 Å². The normalized spacial score (nSPS) is 13.0. The van der Waals surface area contributed by atoms with Crippen molar-refractivity contribution in [2.24, 2.45) is 0 Å². The molecule has 0 radical (unpaired) electrons.